The van der Waals surface area contributed by atoms with Crippen molar-refractivity contribution in [3.63, 3.8) is 0 Å². The Morgan fingerprint density at radius 2 is 1.90 bits per heavy atom. The van der Waals surface area contributed by atoms with Crippen LogP contribution in [0.3, 0.4) is 0 Å². The van der Waals surface area contributed by atoms with Crippen molar-refractivity contribution in [2.24, 2.45) is 11.8 Å². The molecule has 2 N–H and O–H groups in total. The standard InChI is InChI=1S/C18H29NO.ClH/c1-13(2)16-9-10-18(4,20)17(11-16)19-12-15-7-5-14(3)6-8-15;/h5-8,13,16-17,19-20H,9-12H2,1-4H3;1H. The third kappa shape index (κ3) is 4.98. The molecule has 1 aromatic carbocycles. The Bertz CT molecular complexity index is 427. The van der Waals surface area contributed by atoms with Crippen LogP contribution in [-0.4, -0.2) is 16.7 Å². The highest BCUT2D eigenvalue weighted by Gasteiger charge is 2.38. The van der Waals surface area contributed by atoms with Crippen LogP contribution in [0.15, 0.2) is 24.3 Å². The second kappa shape index (κ2) is 7.62. The van der Waals surface area contributed by atoms with Gasteiger partial charge in [0.05, 0.1) is 5.60 Å². The minimum absolute atomic E-state index is 0. The minimum Gasteiger partial charge on any atom is -0.389 e. The van der Waals surface area contributed by atoms with Gasteiger partial charge in [0.25, 0.3) is 0 Å². The number of benzene rings is 1. The highest BCUT2D eigenvalue weighted by Crippen LogP contribution is 2.35. The summed E-state index contributed by atoms with van der Waals surface area (Å²) in [6, 6.07) is 8.82. The van der Waals surface area contributed by atoms with E-state index in [4.69, 9.17) is 0 Å². The zero-order valence-electron chi connectivity index (χ0n) is 13.7. The lowest BCUT2D eigenvalue weighted by Crippen LogP contribution is -2.52. The lowest BCUT2D eigenvalue weighted by atomic mass is 9.72. The summed E-state index contributed by atoms with van der Waals surface area (Å²) in [4.78, 5) is 0. The number of hydrogen-bond acceptors (Lipinski definition) is 2. The minimum atomic E-state index is -0.573. The Kier molecular flexibility index (Phi) is 6.71. The molecular formula is C18H30ClNO. The van der Waals surface area contributed by atoms with E-state index in [0.29, 0.717) is 5.92 Å². The van der Waals surface area contributed by atoms with Crippen molar-refractivity contribution in [3.8, 4) is 0 Å². The molecule has 3 heteroatoms. The molecule has 0 aromatic heterocycles. The molecule has 0 heterocycles. The first kappa shape index (κ1) is 18.5. The summed E-state index contributed by atoms with van der Waals surface area (Å²) in [5, 5.41) is 14.2. The molecule has 1 saturated carbocycles. The van der Waals surface area contributed by atoms with E-state index in [0.717, 1.165) is 31.7 Å². The molecule has 0 spiro atoms. The van der Waals surface area contributed by atoms with Crippen molar-refractivity contribution in [2.75, 3.05) is 0 Å². The molecular weight excluding hydrogens is 282 g/mol. The molecule has 1 aliphatic rings. The van der Waals surface area contributed by atoms with Crippen LogP contribution in [0, 0.1) is 18.8 Å². The fourth-order valence-corrected chi connectivity index (χ4v) is 3.18. The van der Waals surface area contributed by atoms with Crippen molar-refractivity contribution in [2.45, 2.75) is 65.1 Å². The van der Waals surface area contributed by atoms with Crippen LogP contribution in [0.4, 0.5) is 0 Å². The summed E-state index contributed by atoms with van der Waals surface area (Å²) in [7, 11) is 0. The van der Waals surface area contributed by atoms with Crippen molar-refractivity contribution in [1.29, 1.82) is 0 Å². The number of nitrogens with one attached hydrogen (secondary N) is 1. The van der Waals surface area contributed by atoms with Gasteiger partial charge < -0.3 is 10.4 Å². The van der Waals surface area contributed by atoms with E-state index in [2.05, 4.69) is 50.4 Å². The fraction of sp³-hybridized carbons (Fsp3) is 0.667. The predicted octanol–water partition coefficient (Wildman–Crippen LogP) is 4.08. The maximum atomic E-state index is 10.6. The van der Waals surface area contributed by atoms with Crippen LogP contribution in [0.1, 0.15) is 51.2 Å². The van der Waals surface area contributed by atoms with Gasteiger partial charge in [0, 0.05) is 12.6 Å². The molecule has 120 valence electrons. The zero-order chi connectivity index (χ0) is 14.8. The second-order valence-corrected chi connectivity index (χ2v) is 7.05. The van der Waals surface area contributed by atoms with Gasteiger partial charge in [-0.25, -0.2) is 0 Å². The summed E-state index contributed by atoms with van der Waals surface area (Å²) in [6.45, 7) is 9.52. The van der Waals surface area contributed by atoms with Crippen molar-refractivity contribution < 1.29 is 5.11 Å². The fourth-order valence-electron chi connectivity index (χ4n) is 3.18. The average Bonchev–Trinajstić information content (AvgIpc) is 2.38. The first-order valence-electron chi connectivity index (χ1n) is 7.90. The van der Waals surface area contributed by atoms with Gasteiger partial charge in [-0.1, -0.05) is 43.7 Å². The number of aryl methyl sites for hydroxylation is 1. The molecule has 2 nitrogen and oxygen atoms in total. The molecule has 3 unspecified atom stereocenters. The monoisotopic (exact) mass is 311 g/mol. The Balaban J connectivity index is 0.00000220. The Morgan fingerprint density at radius 3 is 2.48 bits per heavy atom. The maximum Gasteiger partial charge on any atom is 0.0772 e. The van der Waals surface area contributed by atoms with Gasteiger partial charge in [0.1, 0.15) is 0 Å². The lowest BCUT2D eigenvalue weighted by molar-refractivity contribution is -0.0309. The Labute approximate surface area is 135 Å². The number of hydrogen-bond donors (Lipinski definition) is 2. The summed E-state index contributed by atoms with van der Waals surface area (Å²) in [5.74, 6) is 1.43. The van der Waals surface area contributed by atoms with Crippen molar-refractivity contribution in [3.05, 3.63) is 35.4 Å². The van der Waals surface area contributed by atoms with Gasteiger partial charge in [-0.15, -0.1) is 12.4 Å². The summed E-state index contributed by atoms with van der Waals surface area (Å²) >= 11 is 0. The molecule has 0 bridgehead atoms. The zero-order valence-corrected chi connectivity index (χ0v) is 14.5. The van der Waals surface area contributed by atoms with Crippen LogP contribution < -0.4 is 5.32 Å². The molecule has 1 aliphatic carbocycles. The van der Waals surface area contributed by atoms with E-state index in [1.165, 1.54) is 11.1 Å². The molecule has 1 aromatic rings. The average molecular weight is 312 g/mol. The Hall–Kier alpha value is -0.570. The SMILES string of the molecule is Cc1ccc(CNC2CC(C(C)C)CCC2(C)O)cc1.Cl. The van der Waals surface area contributed by atoms with Crippen molar-refractivity contribution >= 4 is 12.4 Å². The molecule has 2 rings (SSSR count). The third-order valence-electron chi connectivity index (χ3n) is 4.93. The summed E-state index contributed by atoms with van der Waals surface area (Å²) in [6.07, 6.45) is 3.13. The van der Waals surface area contributed by atoms with Gasteiger partial charge in [0.15, 0.2) is 0 Å². The van der Waals surface area contributed by atoms with Crippen LogP contribution >= 0.6 is 12.4 Å². The summed E-state index contributed by atoms with van der Waals surface area (Å²) < 4.78 is 0. The number of rotatable bonds is 4. The van der Waals surface area contributed by atoms with E-state index in [1.807, 2.05) is 6.92 Å². The van der Waals surface area contributed by atoms with Crippen LogP contribution in [0.2, 0.25) is 0 Å². The van der Waals surface area contributed by atoms with Gasteiger partial charge in [-0.3, -0.25) is 0 Å². The van der Waals surface area contributed by atoms with E-state index >= 15 is 0 Å². The van der Waals surface area contributed by atoms with E-state index < -0.39 is 5.60 Å². The van der Waals surface area contributed by atoms with Gasteiger partial charge >= 0.3 is 0 Å². The van der Waals surface area contributed by atoms with Gasteiger partial charge in [0.2, 0.25) is 0 Å². The number of halogens is 1. The highest BCUT2D eigenvalue weighted by molar-refractivity contribution is 5.85. The Morgan fingerprint density at radius 1 is 1.29 bits per heavy atom. The molecule has 3 atom stereocenters. The van der Waals surface area contributed by atoms with E-state index in [-0.39, 0.29) is 18.4 Å². The summed E-state index contributed by atoms with van der Waals surface area (Å²) in [5.41, 5.74) is 2.01. The first-order chi connectivity index (χ1) is 9.38. The molecule has 0 aliphatic heterocycles. The van der Waals surface area contributed by atoms with Gasteiger partial charge in [-0.05, 0) is 50.5 Å². The first-order valence-corrected chi connectivity index (χ1v) is 7.90. The van der Waals surface area contributed by atoms with E-state index in [1.54, 1.807) is 0 Å². The quantitative estimate of drug-likeness (QED) is 0.878. The second-order valence-electron chi connectivity index (χ2n) is 7.05. The molecule has 0 saturated heterocycles. The van der Waals surface area contributed by atoms with E-state index in [9.17, 15) is 5.11 Å². The van der Waals surface area contributed by atoms with Crippen molar-refractivity contribution in [1.82, 2.24) is 5.32 Å². The normalized spacial score (nSPS) is 29.2. The predicted molar refractivity (Wildman–Crippen MR) is 91.9 cm³/mol. The van der Waals surface area contributed by atoms with Crippen LogP contribution in [0.5, 0.6) is 0 Å². The van der Waals surface area contributed by atoms with Gasteiger partial charge in [-0.2, -0.15) is 0 Å². The van der Waals surface area contributed by atoms with Crippen LogP contribution in [-0.2, 0) is 6.54 Å². The largest absolute Gasteiger partial charge is 0.389 e. The highest BCUT2D eigenvalue weighted by atomic mass is 35.5. The lowest BCUT2D eigenvalue weighted by Gasteiger charge is -2.42. The molecule has 0 radical (unpaired) electrons. The smallest absolute Gasteiger partial charge is 0.0772 e. The molecule has 21 heavy (non-hydrogen) atoms. The molecule has 0 amide bonds. The number of aliphatic hydroxyl groups is 1. The van der Waals surface area contributed by atoms with Crippen LogP contribution in [0.25, 0.3) is 0 Å². The maximum absolute atomic E-state index is 10.6. The topological polar surface area (TPSA) is 32.3 Å². The molecule has 1 fully saturated rings. The third-order valence-corrected chi connectivity index (χ3v) is 4.93.